The lowest BCUT2D eigenvalue weighted by molar-refractivity contribution is -0.672. The van der Waals surface area contributed by atoms with Crippen molar-refractivity contribution in [3.63, 3.8) is 0 Å². The van der Waals surface area contributed by atoms with Gasteiger partial charge < -0.3 is 19.5 Å². The van der Waals surface area contributed by atoms with Crippen LogP contribution >= 0.6 is 0 Å². The maximum Gasteiger partial charge on any atom is 0.161 e. The number of rotatable bonds is 9. The Morgan fingerprint density at radius 3 is 2.54 bits per heavy atom. The maximum atomic E-state index is 6.11. The molecule has 1 aliphatic heterocycles. The second kappa shape index (κ2) is 9.09. The van der Waals surface area contributed by atoms with Gasteiger partial charge in [-0.2, -0.15) is 0 Å². The minimum absolute atomic E-state index is 0.0475. The Morgan fingerprint density at radius 1 is 1.19 bits per heavy atom. The minimum atomic E-state index is 0.0475. The third-order valence-corrected chi connectivity index (χ3v) is 6.42. The van der Waals surface area contributed by atoms with Crippen LogP contribution < -0.4 is 14.8 Å². The van der Waals surface area contributed by atoms with Crippen LogP contribution in [0.3, 0.4) is 0 Å². The summed E-state index contributed by atoms with van der Waals surface area (Å²) in [6, 6.07) is 6.19. The van der Waals surface area contributed by atoms with Crippen molar-refractivity contribution in [3.05, 3.63) is 23.8 Å². The molecular formula is C22H38NO3+. The van der Waals surface area contributed by atoms with Gasteiger partial charge in [0.05, 0.1) is 26.4 Å². The quantitative estimate of drug-likeness (QED) is 0.678. The first-order valence-electron chi connectivity index (χ1n) is 10.0. The predicted molar refractivity (Wildman–Crippen MR) is 106 cm³/mol. The van der Waals surface area contributed by atoms with E-state index >= 15 is 0 Å². The van der Waals surface area contributed by atoms with E-state index in [1.807, 2.05) is 6.07 Å². The van der Waals surface area contributed by atoms with Gasteiger partial charge in [-0.25, -0.2) is 0 Å². The fourth-order valence-corrected chi connectivity index (χ4v) is 4.27. The lowest BCUT2D eigenvalue weighted by Crippen LogP contribution is -2.83. The first-order chi connectivity index (χ1) is 12.4. The molecule has 0 unspecified atom stereocenters. The molecule has 1 heterocycles. The second-order valence-corrected chi connectivity index (χ2v) is 8.32. The summed E-state index contributed by atoms with van der Waals surface area (Å²) in [5.41, 5.74) is 1.72. The standard InChI is InChI=1S/C22H37NO3/c1-7-21(4)16-22(17(2)3,11-13-26-21)10-12-23-15-18-8-9-19(24-5)20(14-18)25-6/h8-9,14,17,23H,7,10-13,15-16H2,1-6H3/p+1/t21-,22+/m0/s1. The molecule has 4 heteroatoms. The van der Waals surface area contributed by atoms with E-state index < -0.39 is 0 Å². The zero-order valence-corrected chi connectivity index (χ0v) is 17.6. The lowest BCUT2D eigenvalue weighted by atomic mass is 9.64. The van der Waals surface area contributed by atoms with Crippen LogP contribution in [0.2, 0.25) is 0 Å². The molecule has 0 spiro atoms. The fourth-order valence-electron chi connectivity index (χ4n) is 4.27. The van der Waals surface area contributed by atoms with Gasteiger partial charge in [0.15, 0.2) is 11.5 Å². The van der Waals surface area contributed by atoms with Crippen molar-refractivity contribution in [1.29, 1.82) is 0 Å². The highest BCUT2D eigenvalue weighted by Gasteiger charge is 2.44. The summed E-state index contributed by atoms with van der Waals surface area (Å²) in [7, 11) is 3.36. The topological polar surface area (TPSA) is 44.3 Å². The third-order valence-electron chi connectivity index (χ3n) is 6.42. The van der Waals surface area contributed by atoms with Gasteiger partial charge >= 0.3 is 0 Å². The normalized spacial score (nSPS) is 26.1. The second-order valence-electron chi connectivity index (χ2n) is 8.32. The SMILES string of the molecule is CC[C@@]1(C)C[C@](CC[NH2+]Cc2ccc(OC)c(OC)c2)(C(C)C)CCO1. The molecule has 0 aliphatic carbocycles. The summed E-state index contributed by atoms with van der Waals surface area (Å²) < 4.78 is 16.8. The van der Waals surface area contributed by atoms with Crippen LogP contribution in [0.1, 0.15) is 58.9 Å². The number of hydrogen-bond donors (Lipinski definition) is 1. The van der Waals surface area contributed by atoms with E-state index in [2.05, 4.69) is 45.1 Å². The van der Waals surface area contributed by atoms with Crippen molar-refractivity contribution in [1.82, 2.24) is 0 Å². The van der Waals surface area contributed by atoms with E-state index in [0.717, 1.165) is 37.6 Å². The minimum Gasteiger partial charge on any atom is -0.493 e. The van der Waals surface area contributed by atoms with Gasteiger partial charge in [-0.1, -0.05) is 20.8 Å². The fraction of sp³-hybridized carbons (Fsp3) is 0.727. The van der Waals surface area contributed by atoms with Gasteiger partial charge in [0.25, 0.3) is 0 Å². The smallest absolute Gasteiger partial charge is 0.161 e. The molecule has 0 aromatic heterocycles. The van der Waals surface area contributed by atoms with Gasteiger partial charge in [-0.15, -0.1) is 0 Å². The Morgan fingerprint density at radius 2 is 1.92 bits per heavy atom. The van der Waals surface area contributed by atoms with Crippen molar-refractivity contribution < 1.29 is 19.5 Å². The zero-order valence-electron chi connectivity index (χ0n) is 17.6. The highest BCUT2D eigenvalue weighted by atomic mass is 16.5. The largest absolute Gasteiger partial charge is 0.493 e. The van der Waals surface area contributed by atoms with E-state index in [1.165, 1.54) is 24.8 Å². The average Bonchev–Trinajstić information content (AvgIpc) is 2.65. The van der Waals surface area contributed by atoms with Gasteiger partial charge in [-0.3, -0.25) is 0 Å². The van der Waals surface area contributed by atoms with Crippen LogP contribution in [0.15, 0.2) is 18.2 Å². The van der Waals surface area contributed by atoms with Crippen LogP contribution in [-0.2, 0) is 11.3 Å². The maximum absolute atomic E-state index is 6.11. The average molecular weight is 365 g/mol. The molecule has 1 aromatic rings. The van der Waals surface area contributed by atoms with E-state index in [0.29, 0.717) is 11.3 Å². The molecule has 0 saturated carbocycles. The summed E-state index contributed by atoms with van der Waals surface area (Å²) in [6.07, 6.45) is 4.70. The monoisotopic (exact) mass is 364 g/mol. The van der Waals surface area contributed by atoms with Crippen LogP contribution in [0.4, 0.5) is 0 Å². The van der Waals surface area contributed by atoms with Crippen molar-refractivity contribution in [2.45, 2.75) is 65.5 Å². The van der Waals surface area contributed by atoms with Gasteiger partial charge in [0, 0.05) is 18.6 Å². The van der Waals surface area contributed by atoms with Gasteiger partial charge in [-0.05, 0) is 55.7 Å². The number of nitrogens with two attached hydrogens (primary N) is 1. The van der Waals surface area contributed by atoms with Crippen LogP contribution in [0.5, 0.6) is 11.5 Å². The van der Waals surface area contributed by atoms with Crippen molar-refractivity contribution in [2.75, 3.05) is 27.4 Å². The number of hydrogen-bond acceptors (Lipinski definition) is 3. The third kappa shape index (κ3) is 4.92. The molecule has 0 amide bonds. The summed E-state index contributed by atoms with van der Waals surface area (Å²) in [4.78, 5) is 0. The summed E-state index contributed by atoms with van der Waals surface area (Å²) >= 11 is 0. The number of ether oxygens (including phenoxy) is 3. The van der Waals surface area contributed by atoms with Gasteiger partial charge in [0.1, 0.15) is 6.54 Å². The number of quaternary nitrogens is 1. The molecule has 2 N–H and O–H groups in total. The Hall–Kier alpha value is -1.26. The van der Waals surface area contributed by atoms with E-state index in [1.54, 1.807) is 14.2 Å². The Balaban J connectivity index is 1.92. The molecule has 1 aromatic carbocycles. The number of benzene rings is 1. The Labute approximate surface area is 159 Å². The first kappa shape index (κ1) is 21.0. The highest BCUT2D eigenvalue weighted by molar-refractivity contribution is 5.42. The molecule has 1 fully saturated rings. The molecule has 4 nitrogen and oxygen atoms in total. The van der Waals surface area contributed by atoms with Crippen LogP contribution in [-0.4, -0.2) is 33.0 Å². The molecular weight excluding hydrogens is 326 g/mol. The summed E-state index contributed by atoms with van der Waals surface area (Å²) in [5.74, 6) is 2.28. The Bertz CT molecular complexity index is 575. The Kier molecular flexibility index (Phi) is 7.36. The van der Waals surface area contributed by atoms with Crippen molar-refractivity contribution in [2.24, 2.45) is 11.3 Å². The first-order valence-corrected chi connectivity index (χ1v) is 10.0. The predicted octanol–water partition coefficient (Wildman–Crippen LogP) is 3.78. The summed E-state index contributed by atoms with van der Waals surface area (Å²) in [6.45, 7) is 12.3. The molecule has 1 saturated heterocycles. The van der Waals surface area contributed by atoms with Gasteiger partial charge in [0.2, 0.25) is 0 Å². The van der Waals surface area contributed by atoms with Crippen molar-refractivity contribution >= 4 is 0 Å². The van der Waals surface area contributed by atoms with E-state index in [4.69, 9.17) is 14.2 Å². The van der Waals surface area contributed by atoms with E-state index in [-0.39, 0.29) is 5.60 Å². The lowest BCUT2D eigenvalue weighted by Gasteiger charge is -2.48. The van der Waals surface area contributed by atoms with Crippen LogP contribution in [0, 0.1) is 11.3 Å². The number of methoxy groups -OCH3 is 2. The molecule has 2 rings (SSSR count). The molecule has 148 valence electrons. The highest BCUT2D eigenvalue weighted by Crippen LogP contribution is 2.47. The molecule has 0 radical (unpaired) electrons. The molecule has 0 bridgehead atoms. The van der Waals surface area contributed by atoms with Crippen LogP contribution in [0.25, 0.3) is 0 Å². The molecule has 2 atom stereocenters. The van der Waals surface area contributed by atoms with Crippen molar-refractivity contribution in [3.8, 4) is 11.5 Å². The molecule has 26 heavy (non-hydrogen) atoms. The summed E-state index contributed by atoms with van der Waals surface area (Å²) in [5, 5.41) is 2.42. The zero-order chi connectivity index (χ0) is 19.2. The molecule has 1 aliphatic rings. The van der Waals surface area contributed by atoms with E-state index in [9.17, 15) is 0 Å².